The van der Waals surface area contributed by atoms with Crippen molar-refractivity contribution in [1.82, 2.24) is 10.2 Å². The first-order valence-corrected chi connectivity index (χ1v) is 10.8. The second-order valence-corrected chi connectivity index (χ2v) is 8.85. The van der Waals surface area contributed by atoms with Gasteiger partial charge >= 0.3 is 0 Å². The van der Waals surface area contributed by atoms with Crippen LogP contribution >= 0.6 is 11.3 Å². The van der Waals surface area contributed by atoms with Gasteiger partial charge in [-0.2, -0.15) is 0 Å². The summed E-state index contributed by atoms with van der Waals surface area (Å²) >= 11 is 1.75. The molecule has 136 valence electrons. The summed E-state index contributed by atoms with van der Waals surface area (Å²) in [5.74, 6) is 0.911. The fraction of sp³-hybridized carbons (Fsp3) is 0.389. The third kappa shape index (κ3) is 6.17. The van der Waals surface area contributed by atoms with Crippen LogP contribution < -0.4 is 5.32 Å². The highest BCUT2D eigenvalue weighted by Gasteiger charge is 2.13. The number of likely N-dealkylation sites (N-methyl/N-ethyl adjacent to an activating group) is 1. The Morgan fingerprint density at radius 3 is 2.60 bits per heavy atom. The Bertz CT molecular complexity index is 757. The maximum atomic E-state index is 12.2. The molecule has 0 saturated carbocycles. The van der Waals surface area contributed by atoms with E-state index in [9.17, 15) is 8.42 Å². The van der Waals surface area contributed by atoms with E-state index >= 15 is 0 Å². The zero-order valence-electron chi connectivity index (χ0n) is 14.7. The summed E-state index contributed by atoms with van der Waals surface area (Å²) in [6, 6.07) is 12.8. The first-order chi connectivity index (χ1) is 12.0. The zero-order valence-corrected chi connectivity index (χ0v) is 16.3. The summed E-state index contributed by atoms with van der Waals surface area (Å²) in [5.41, 5.74) is 0. The van der Waals surface area contributed by atoms with Crippen LogP contribution in [0.4, 0.5) is 0 Å². The second kappa shape index (κ2) is 9.58. The molecule has 0 bridgehead atoms. The van der Waals surface area contributed by atoms with E-state index in [4.69, 9.17) is 0 Å². The standard InChI is InChI=1S/C18H25N3O2S2/c1-19-18(21(2)13-11-16-8-6-14-24-16)20-12-7-15-25(22,23)17-9-4-3-5-10-17/h3-6,8-10,14H,7,11-13,15H2,1-2H3,(H,19,20). The molecule has 1 aromatic carbocycles. The molecule has 0 unspecified atom stereocenters. The quantitative estimate of drug-likeness (QED) is 0.435. The number of sulfone groups is 1. The van der Waals surface area contributed by atoms with Crippen LogP contribution in [-0.2, 0) is 16.3 Å². The molecule has 0 saturated heterocycles. The molecule has 2 aromatic rings. The summed E-state index contributed by atoms with van der Waals surface area (Å²) in [6.45, 7) is 1.44. The van der Waals surface area contributed by atoms with Crippen molar-refractivity contribution in [3.8, 4) is 0 Å². The van der Waals surface area contributed by atoms with Crippen molar-refractivity contribution < 1.29 is 8.42 Å². The summed E-state index contributed by atoms with van der Waals surface area (Å²) in [5, 5.41) is 5.32. The molecule has 7 heteroatoms. The van der Waals surface area contributed by atoms with E-state index in [0.29, 0.717) is 17.9 Å². The summed E-state index contributed by atoms with van der Waals surface area (Å²) in [7, 11) is 0.513. The SMILES string of the molecule is CN=C(NCCCS(=O)(=O)c1ccccc1)N(C)CCc1cccs1. The molecule has 0 aliphatic rings. The molecule has 0 atom stereocenters. The van der Waals surface area contributed by atoms with Gasteiger partial charge in [0.15, 0.2) is 15.8 Å². The number of benzene rings is 1. The minimum Gasteiger partial charge on any atom is -0.356 e. The van der Waals surface area contributed by atoms with Gasteiger partial charge in [-0.15, -0.1) is 11.3 Å². The van der Waals surface area contributed by atoms with Gasteiger partial charge in [0.2, 0.25) is 0 Å². The van der Waals surface area contributed by atoms with Crippen molar-refractivity contribution in [1.29, 1.82) is 0 Å². The monoisotopic (exact) mass is 379 g/mol. The Morgan fingerprint density at radius 1 is 1.20 bits per heavy atom. The van der Waals surface area contributed by atoms with Crippen LogP contribution in [0.15, 0.2) is 57.7 Å². The lowest BCUT2D eigenvalue weighted by atomic mass is 10.3. The van der Waals surface area contributed by atoms with Gasteiger partial charge in [-0.25, -0.2) is 8.42 Å². The van der Waals surface area contributed by atoms with Crippen molar-refractivity contribution in [2.75, 3.05) is 32.9 Å². The van der Waals surface area contributed by atoms with Crippen molar-refractivity contribution in [3.63, 3.8) is 0 Å². The van der Waals surface area contributed by atoms with Gasteiger partial charge in [-0.1, -0.05) is 24.3 Å². The molecule has 0 spiro atoms. The summed E-state index contributed by atoms with van der Waals surface area (Å²) in [4.78, 5) is 8.05. The van der Waals surface area contributed by atoms with Crippen LogP contribution in [0.5, 0.6) is 0 Å². The Kier molecular flexibility index (Phi) is 7.46. The second-order valence-electron chi connectivity index (χ2n) is 5.71. The van der Waals surface area contributed by atoms with Crippen molar-refractivity contribution in [2.45, 2.75) is 17.7 Å². The molecular formula is C18H25N3O2S2. The lowest BCUT2D eigenvalue weighted by Gasteiger charge is -2.21. The molecule has 0 amide bonds. The fourth-order valence-electron chi connectivity index (χ4n) is 2.43. The maximum Gasteiger partial charge on any atom is 0.193 e. The molecule has 0 aliphatic carbocycles. The van der Waals surface area contributed by atoms with Crippen molar-refractivity contribution in [3.05, 3.63) is 52.7 Å². The molecule has 2 rings (SSSR count). The van der Waals surface area contributed by atoms with E-state index in [1.54, 1.807) is 42.6 Å². The van der Waals surface area contributed by atoms with Gasteiger partial charge in [0, 0.05) is 32.1 Å². The van der Waals surface area contributed by atoms with Crippen LogP contribution in [0.2, 0.25) is 0 Å². The average molecular weight is 380 g/mol. The minimum atomic E-state index is -3.22. The molecule has 1 N–H and O–H groups in total. The molecule has 0 aliphatic heterocycles. The molecule has 5 nitrogen and oxygen atoms in total. The van der Waals surface area contributed by atoms with Crippen LogP contribution in [0.1, 0.15) is 11.3 Å². The molecular weight excluding hydrogens is 354 g/mol. The average Bonchev–Trinajstić information content (AvgIpc) is 3.14. The predicted molar refractivity (Wildman–Crippen MR) is 105 cm³/mol. The fourth-order valence-corrected chi connectivity index (χ4v) is 4.46. The number of thiophene rings is 1. The topological polar surface area (TPSA) is 61.8 Å². The Morgan fingerprint density at radius 2 is 1.96 bits per heavy atom. The highest BCUT2D eigenvalue weighted by Crippen LogP contribution is 2.11. The van der Waals surface area contributed by atoms with Gasteiger partial charge in [-0.05, 0) is 36.4 Å². The number of hydrogen-bond acceptors (Lipinski definition) is 4. The Labute approximate surface area is 154 Å². The van der Waals surface area contributed by atoms with E-state index in [1.807, 2.05) is 13.1 Å². The lowest BCUT2D eigenvalue weighted by molar-refractivity contribution is 0.486. The van der Waals surface area contributed by atoms with Gasteiger partial charge < -0.3 is 10.2 Å². The van der Waals surface area contributed by atoms with Gasteiger partial charge in [0.05, 0.1) is 10.6 Å². The molecule has 1 heterocycles. The van der Waals surface area contributed by atoms with Crippen LogP contribution in [0.25, 0.3) is 0 Å². The van der Waals surface area contributed by atoms with E-state index < -0.39 is 9.84 Å². The maximum absolute atomic E-state index is 12.2. The first kappa shape index (κ1) is 19.5. The summed E-state index contributed by atoms with van der Waals surface area (Å²) in [6.07, 6.45) is 1.51. The molecule has 0 radical (unpaired) electrons. The van der Waals surface area contributed by atoms with Crippen LogP contribution in [0, 0.1) is 0 Å². The van der Waals surface area contributed by atoms with Crippen LogP contribution in [-0.4, -0.2) is 52.2 Å². The number of guanidine groups is 1. The lowest BCUT2D eigenvalue weighted by Crippen LogP contribution is -2.40. The van der Waals surface area contributed by atoms with Crippen LogP contribution in [0.3, 0.4) is 0 Å². The van der Waals surface area contributed by atoms with Gasteiger partial charge in [-0.3, -0.25) is 4.99 Å². The van der Waals surface area contributed by atoms with Crippen molar-refractivity contribution >= 4 is 27.1 Å². The third-order valence-electron chi connectivity index (χ3n) is 3.82. The van der Waals surface area contributed by atoms with Crippen molar-refractivity contribution in [2.24, 2.45) is 4.99 Å². The molecule has 1 aromatic heterocycles. The number of aliphatic imine (C=N–C) groups is 1. The van der Waals surface area contributed by atoms with E-state index in [1.165, 1.54) is 4.88 Å². The molecule has 0 fully saturated rings. The number of nitrogens with one attached hydrogen (secondary N) is 1. The minimum absolute atomic E-state index is 0.125. The van der Waals surface area contributed by atoms with E-state index in [2.05, 4.69) is 32.7 Å². The zero-order chi connectivity index (χ0) is 18.1. The molecule has 25 heavy (non-hydrogen) atoms. The van der Waals surface area contributed by atoms with Gasteiger partial charge in [0.1, 0.15) is 0 Å². The Balaban J connectivity index is 1.75. The third-order valence-corrected chi connectivity index (χ3v) is 6.58. The first-order valence-electron chi connectivity index (χ1n) is 8.25. The Hall–Kier alpha value is -1.86. The smallest absolute Gasteiger partial charge is 0.193 e. The van der Waals surface area contributed by atoms with Gasteiger partial charge in [0.25, 0.3) is 0 Å². The highest BCUT2D eigenvalue weighted by atomic mass is 32.2. The summed E-state index contributed by atoms with van der Waals surface area (Å²) < 4.78 is 24.5. The number of rotatable bonds is 8. The number of nitrogens with zero attached hydrogens (tertiary/aromatic N) is 2. The number of hydrogen-bond donors (Lipinski definition) is 1. The van der Waals surface area contributed by atoms with E-state index in [-0.39, 0.29) is 5.75 Å². The largest absolute Gasteiger partial charge is 0.356 e. The highest BCUT2D eigenvalue weighted by molar-refractivity contribution is 7.91. The predicted octanol–water partition coefficient (Wildman–Crippen LogP) is 2.66. The van der Waals surface area contributed by atoms with E-state index in [0.717, 1.165) is 18.9 Å². The normalized spacial score (nSPS) is 12.2.